The molecule has 1 aromatic carbocycles. The van der Waals surface area contributed by atoms with E-state index in [0.717, 1.165) is 30.5 Å². The summed E-state index contributed by atoms with van der Waals surface area (Å²) in [6.07, 6.45) is 4.56. The van der Waals surface area contributed by atoms with E-state index in [0.29, 0.717) is 27.4 Å². The number of fused-ring (bicyclic) bond motifs is 1. The molecule has 0 spiro atoms. The van der Waals surface area contributed by atoms with Gasteiger partial charge in [-0.3, -0.25) is 9.36 Å². The van der Waals surface area contributed by atoms with E-state index in [1.807, 2.05) is 24.3 Å². The Bertz CT molecular complexity index is 1120. The number of thioether (sulfide) groups is 1. The van der Waals surface area contributed by atoms with Crippen molar-refractivity contribution in [2.24, 2.45) is 5.92 Å². The van der Waals surface area contributed by atoms with Crippen molar-refractivity contribution >= 4 is 34.0 Å². The van der Waals surface area contributed by atoms with Crippen molar-refractivity contribution in [3.05, 3.63) is 46.6 Å². The number of thiophene rings is 1. The second-order valence-corrected chi connectivity index (χ2v) is 9.21. The van der Waals surface area contributed by atoms with Crippen molar-refractivity contribution in [3.63, 3.8) is 0 Å². The van der Waals surface area contributed by atoms with Gasteiger partial charge < -0.3 is 10.1 Å². The monoisotopic (exact) mass is 439 g/mol. The first-order chi connectivity index (χ1) is 14.6. The fourth-order valence-electron chi connectivity index (χ4n) is 3.57. The summed E-state index contributed by atoms with van der Waals surface area (Å²) in [5.74, 6) is 1.30. The average molecular weight is 440 g/mol. The van der Waals surface area contributed by atoms with Crippen molar-refractivity contribution in [3.8, 4) is 17.5 Å². The largest absolute Gasteiger partial charge is 0.495 e. The minimum atomic E-state index is -0.169. The van der Waals surface area contributed by atoms with E-state index in [1.54, 1.807) is 18.0 Å². The first kappa shape index (κ1) is 20.4. The summed E-state index contributed by atoms with van der Waals surface area (Å²) in [6, 6.07) is 9.85. The number of ether oxygens (including phenoxy) is 1. The Morgan fingerprint density at radius 3 is 3.10 bits per heavy atom. The van der Waals surface area contributed by atoms with Crippen LogP contribution in [0.4, 0.5) is 5.00 Å². The van der Waals surface area contributed by atoms with E-state index in [-0.39, 0.29) is 11.7 Å². The Morgan fingerprint density at radius 2 is 2.30 bits per heavy atom. The number of amides is 1. The van der Waals surface area contributed by atoms with Gasteiger partial charge in [-0.1, -0.05) is 30.8 Å². The molecular weight excluding hydrogens is 418 g/mol. The van der Waals surface area contributed by atoms with E-state index in [1.165, 1.54) is 28.0 Å². The van der Waals surface area contributed by atoms with Crippen LogP contribution in [-0.4, -0.2) is 33.5 Å². The first-order valence-electron chi connectivity index (χ1n) is 9.61. The molecule has 1 aliphatic rings. The number of anilines is 1. The first-order valence-corrected chi connectivity index (χ1v) is 11.4. The van der Waals surface area contributed by atoms with Crippen molar-refractivity contribution in [2.75, 3.05) is 18.2 Å². The number of hydrogen-bond donors (Lipinski definition) is 1. The molecule has 0 radical (unpaired) electrons. The van der Waals surface area contributed by atoms with Crippen molar-refractivity contribution in [1.82, 2.24) is 14.8 Å². The van der Waals surface area contributed by atoms with Crippen LogP contribution in [0.25, 0.3) is 5.69 Å². The van der Waals surface area contributed by atoms with E-state index in [2.05, 4.69) is 28.5 Å². The van der Waals surface area contributed by atoms with Crippen molar-refractivity contribution in [1.29, 1.82) is 5.26 Å². The van der Waals surface area contributed by atoms with Gasteiger partial charge in [0, 0.05) is 4.88 Å². The Labute approximate surface area is 183 Å². The van der Waals surface area contributed by atoms with E-state index in [9.17, 15) is 10.1 Å². The Balaban J connectivity index is 1.46. The van der Waals surface area contributed by atoms with Crippen LogP contribution in [0.1, 0.15) is 29.3 Å². The van der Waals surface area contributed by atoms with Gasteiger partial charge in [-0.2, -0.15) is 5.26 Å². The van der Waals surface area contributed by atoms with Crippen LogP contribution in [0.2, 0.25) is 0 Å². The number of carbonyl (C=O) groups is 1. The number of nitrogens with zero attached hydrogens (tertiary/aromatic N) is 4. The molecule has 7 nitrogen and oxygen atoms in total. The second-order valence-electron chi connectivity index (χ2n) is 7.16. The zero-order chi connectivity index (χ0) is 21.1. The quantitative estimate of drug-likeness (QED) is 0.582. The third-order valence-corrected chi connectivity index (χ3v) is 7.18. The summed E-state index contributed by atoms with van der Waals surface area (Å²) in [5.41, 5.74) is 2.54. The summed E-state index contributed by atoms with van der Waals surface area (Å²) in [4.78, 5) is 13.8. The molecule has 1 N–H and O–H groups in total. The lowest BCUT2D eigenvalue weighted by molar-refractivity contribution is -0.113. The maximum Gasteiger partial charge on any atom is 0.235 e. The number of nitriles is 1. The summed E-state index contributed by atoms with van der Waals surface area (Å²) in [7, 11) is 1.61. The number of carbonyl (C=O) groups excluding carboxylic acids is 1. The average Bonchev–Trinajstić information content (AvgIpc) is 3.35. The van der Waals surface area contributed by atoms with E-state index in [4.69, 9.17) is 4.74 Å². The number of nitrogens with one attached hydrogen (secondary N) is 1. The summed E-state index contributed by atoms with van der Waals surface area (Å²) >= 11 is 2.82. The van der Waals surface area contributed by atoms with Gasteiger partial charge in [-0.15, -0.1) is 21.5 Å². The molecule has 30 heavy (non-hydrogen) atoms. The zero-order valence-electron chi connectivity index (χ0n) is 16.7. The molecular formula is C21H21N5O2S2. The maximum absolute atomic E-state index is 12.6. The van der Waals surface area contributed by atoms with Gasteiger partial charge in [0.05, 0.1) is 24.1 Å². The molecule has 9 heteroatoms. The lowest BCUT2D eigenvalue weighted by Gasteiger charge is -2.17. The SMILES string of the molecule is COc1ccccc1-n1cnnc1SCC(=O)Nc1sc2c(c1C#N)CC[C@H](C)C2. The summed E-state index contributed by atoms with van der Waals surface area (Å²) in [6.45, 7) is 2.22. The summed E-state index contributed by atoms with van der Waals surface area (Å²) < 4.78 is 7.20. The van der Waals surface area contributed by atoms with Gasteiger partial charge in [0.25, 0.3) is 0 Å². The van der Waals surface area contributed by atoms with Crippen LogP contribution >= 0.6 is 23.1 Å². The minimum absolute atomic E-state index is 0.164. The Hall–Kier alpha value is -2.83. The fraction of sp³-hybridized carbons (Fsp3) is 0.333. The van der Waals surface area contributed by atoms with Crippen LogP contribution < -0.4 is 10.1 Å². The number of rotatable bonds is 6. The van der Waals surface area contributed by atoms with Crippen LogP contribution in [0, 0.1) is 17.2 Å². The molecule has 0 saturated heterocycles. The molecule has 0 bridgehead atoms. The van der Waals surface area contributed by atoms with Gasteiger partial charge in [0.2, 0.25) is 5.91 Å². The van der Waals surface area contributed by atoms with Crippen LogP contribution in [-0.2, 0) is 17.6 Å². The number of methoxy groups -OCH3 is 1. The number of aromatic nitrogens is 3. The highest BCUT2D eigenvalue weighted by molar-refractivity contribution is 7.99. The molecule has 1 amide bonds. The fourth-order valence-corrected chi connectivity index (χ4v) is 5.67. The highest BCUT2D eigenvalue weighted by atomic mass is 32.2. The topological polar surface area (TPSA) is 92.8 Å². The third-order valence-electron chi connectivity index (χ3n) is 5.07. The van der Waals surface area contributed by atoms with Gasteiger partial charge >= 0.3 is 0 Å². The molecule has 3 aromatic rings. The lowest BCUT2D eigenvalue weighted by atomic mass is 9.89. The molecule has 2 aromatic heterocycles. The summed E-state index contributed by atoms with van der Waals surface area (Å²) in [5, 5.41) is 21.9. The predicted octanol–water partition coefficient (Wildman–Crippen LogP) is 4.06. The van der Waals surface area contributed by atoms with E-state index >= 15 is 0 Å². The van der Waals surface area contributed by atoms with Crippen LogP contribution in [0.15, 0.2) is 35.7 Å². The molecule has 4 rings (SSSR count). The molecule has 0 fully saturated rings. The standard InChI is InChI=1S/C21H21N5O2S2/c1-13-7-8-14-15(10-22)20(30-18(14)9-13)24-19(27)11-29-21-25-23-12-26(21)16-5-3-4-6-17(16)28-2/h3-6,12-13H,7-9,11H2,1-2H3,(H,24,27)/t13-/m0/s1. The minimum Gasteiger partial charge on any atom is -0.495 e. The molecule has 0 saturated carbocycles. The smallest absolute Gasteiger partial charge is 0.235 e. The van der Waals surface area contributed by atoms with Crippen molar-refractivity contribution < 1.29 is 9.53 Å². The predicted molar refractivity (Wildman–Crippen MR) is 117 cm³/mol. The normalized spacial score (nSPS) is 15.3. The molecule has 0 aliphatic heterocycles. The number of para-hydroxylation sites is 2. The Morgan fingerprint density at radius 1 is 1.47 bits per heavy atom. The highest BCUT2D eigenvalue weighted by Crippen LogP contribution is 2.39. The van der Waals surface area contributed by atoms with Gasteiger partial charge in [-0.25, -0.2) is 0 Å². The molecule has 2 heterocycles. The van der Waals surface area contributed by atoms with E-state index < -0.39 is 0 Å². The van der Waals surface area contributed by atoms with Gasteiger partial charge in [-0.05, 0) is 42.9 Å². The van der Waals surface area contributed by atoms with Gasteiger partial charge in [0.15, 0.2) is 5.16 Å². The molecule has 1 aliphatic carbocycles. The molecule has 1 atom stereocenters. The zero-order valence-corrected chi connectivity index (χ0v) is 18.3. The van der Waals surface area contributed by atoms with Crippen molar-refractivity contribution in [2.45, 2.75) is 31.3 Å². The van der Waals surface area contributed by atoms with Crippen LogP contribution in [0.3, 0.4) is 0 Å². The Kier molecular flexibility index (Phi) is 6.06. The highest BCUT2D eigenvalue weighted by Gasteiger charge is 2.24. The maximum atomic E-state index is 12.6. The van der Waals surface area contributed by atoms with Crippen LogP contribution in [0.5, 0.6) is 5.75 Å². The number of hydrogen-bond acceptors (Lipinski definition) is 7. The molecule has 154 valence electrons. The third kappa shape index (κ3) is 4.06. The number of benzene rings is 1. The second kappa shape index (κ2) is 8.90. The lowest BCUT2D eigenvalue weighted by Crippen LogP contribution is -2.14. The van der Waals surface area contributed by atoms with Gasteiger partial charge in [0.1, 0.15) is 23.1 Å². The molecule has 0 unspecified atom stereocenters.